The zero-order valence-electron chi connectivity index (χ0n) is 8.00. The van der Waals surface area contributed by atoms with Gasteiger partial charge in [0.15, 0.2) is 0 Å². The average molecular weight is 202 g/mol. The molecule has 1 aliphatic carbocycles. The summed E-state index contributed by atoms with van der Waals surface area (Å²) in [6.45, 7) is 3.08. The van der Waals surface area contributed by atoms with E-state index in [1.54, 1.807) is 0 Å². The standard InChI is InChI=1S/C9H18N2OS/c10-9(2-3-9)8-11-4-1-6-13(12)7-5-11/h1-8,10H2. The molecule has 76 valence electrons. The third-order valence-corrected chi connectivity index (χ3v) is 4.29. The minimum absolute atomic E-state index is 0.117. The fraction of sp³-hybridized carbons (Fsp3) is 1.00. The second-order valence-corrected chi connectivity index (χ2v) is 6.04. The Hall–Kier alpha value is 0.0700. The van der Waals surface area contributed by atoms with Gasteiger partial charge in [-0.1, -0.05) is 0 Å². The van der Waals surface area contributed by atoms with Crippen molar-refractivity contribution in [2.45, 2.75) is 24.8 Å². The van der Waals surface area contributed by atoms with E-state index in [0.717, 1.165) is 37.6 Å². The first-order valence-electron chi connectivity index (χ1n) is 5.04. The second kappa shape index (κ2) is 3.67. The molecule has 0 spiro atoms. The van der Waals surface area contributed by atoms with Crippen molar-refractivity contribution in [1.82, 2.24) is 4.90 Å². The van der Waals surface area contributed by atoms with Crippen molar-refractivity contribution in [1.29, 1.82) is 0 Å². The summed E-state index contributed by atoms with van der Waals surface area (Å²) in [7, 11) is -0.569. The van der Waals surface area contributed by atoms with Crippen LogP contribution in [-0.4, -0.2) is 45.8 Å². The van der Waals surface area contributed by atoms with Crippen LogP contribution >= 0.6 is 0 Å². The smallest absolute Gasteiger partial charge is 0.0362 e. The van der Waals surface area contributed by atoms with Gasteiger partial charge in [-0.25, -0.2) is 0 Å². The van der Waals surface area contributed by atoms with E-state index < -0.39 is 10.8 Å². The molecule has 1 unspecified atom stereocenters. The molecule has 0 aromatic rings. The van der Waals surface area contributed by atoms with Crippen LogP contribution in [0.3, 0.4) is 0 Å². The molecule has 0 aromatic carbocycles. The summed E-state index contributed by atoms with van der Waals surface area (Å²) in [6.07, 6.45) is 3.42. The van der Waals surface area contributed by atoms with Crippen molar-refractivity contribution in [2.24, 2.45) is 5.73 Å². The summed E-state index contributed by atoms with van der Waals surface area (Å²) in [5.41, 5.74) is 6.16. The van der Waals surface area contributed by atoms with E-state index >= 15 is 0 Å². The number of nitrogens with zero attached hydrogens (tertiary/aromatic N) is 1. The molecule has 1 aliphatic heterocycles. The molecule has 2 fully saturated rings. The Kier molecular flexibility index (Phi) is 2.72. The molecule has 3 nitrogen and oxygen atoms in total. The van der Waals surface area contributed by atoms with Crippen LogP contribution in [0.5, 0.6) is 0 Å². The molecule has 1 saturated heterocycles. The summed E-state index contributed by atoms with van der Waals surface area (Å²) in [5, 5.41) is 0. The monoisotopic (exact) mass is 202 g/mol. The van der Waals surface area contributed by atoms with Crippen LogP contribution in [0.15, 0.2) is 0 Å². The van der Waals surface area contributed by atoms with Crippen molar-refractivity contribution in [3.05, 3.63) is 0 Å². The van der Waals surface area contributed by atoms with E-state index in [1.807, 2.05) is 0 Å². The first-order chi connectivity index (χ1) is 6.18. The van der Waals surface area contributed by atoms with Crippen molar-refractivity contribution in [3.63, 3.8) is 0 Å². The molecule has 4 heteroatoms. The highest BCUT2D eigenvalue weighted by atomic mass is 32.2. The van der Waals surface area contributed by atoms with Crippen molar-refractivity contribution >= 4 is 10.8 Å². The van der Waals surface area contributed by atoms with E-state index in [1.165, 1.54) is 12.8 Å². The maximum Gasteiger partial charge on any atom is 0.0362 e. The van der Waals surface area contributed by atoms with Crippen LogP contribution in [-0.2, 0) is 10.8 Å². The average Bonchev–Trinajstić information content (AvgIpc) is 2.81. The zero-order chi connectivity index (χ0) is 9.31. The van der Waals surface area contributed by atoms with Gasteiger partial charge in [-0.05, 0) is 25.8 Å². The van der Waals surface area contributed by atoms with Gasteiger partial charge in [0.2, 0.25) is 0 Å². The minimum Gasteiger partial charge on any atom is -0.324 e. The Morgan fingerprint density at radius 3 is 2.77 bits per heavy atom. The van der Waals surface area contributed by atoms with E-state index in [-0.39, 0.29) is 5.54 Å². The highest BCUT2D eigenvalue weighted by molar-refractivity contribution is 7.85. The molecule has 2 aliphatic rings. The van der Waals surface area contributed by atoms with Gasteiger partial charge in [0, 0.05) is 40.9 Å². The Labute approximate surface area is 82.1 Å². The van der Waals surface area contributed by atoms with Gasteiger partial charge in [0.25, 0.3) is 0 Å². The maximum atomic E-state index is 11.3. The molecular weight excluding hydrogens is 184 g/mol. The predicted molar refractivity (Wildman–Crippen MR) is 55.1 cm³/mol. The molecule has 1 heterocycles. The molecule has 0 radical (unpaired) electrons. The fourth-order valence-corrected chi connectivity index (χ4v) is 2.93. The van der Waals surface area contributed by atoms with E-state index in [9.17, 15) is 4.21 Å². The zero-order valence-corrected chi connectivity index (χ0v) is 8.81. The minimum atomic E-state index is -0.569. The number of hydrogen-bond acceptors (Lipinski definition) is 3. The van der Waals surface area contributed by atoms with Crippen LogP contribution in [0.25, 0.3) is 0 Å². The highest BCUT2D eigenvalue weighted by Gasteiger charge is 2.39. The predicted octanol–water partition coefficient (Wildman–Crippen LogP) is -0.0679. The molecule has 0 bridgehead atoms. The molecule has 0 aromatic heterocycles. The molecule has 1 atom stereocenters. The Morgan fingerprint density at radius 2 is 2.08 bits per heavy atom. The van der Waals surface area contributed by atoms with Gasteiger partial charge < -0.3 is 10.6 Å². The van der Waals surface area contributed by atoms with E-state index in [0.29, 0.717) is 0 Å². The van der Waals surface area contributed by atoms with Gasteiger partial charge in [-0.3, -0.25) is 4.21 Å². The number of hydrogen-bond donors (Lipinski definition) is 1. The lowest BCUT2D eigenvalue weighted by molar-refractivity contribution is 0.269. The topological polar surface area (TPSA) is 46.3 Å². The van der Waals surface area contributed by atoms with Crippen LogP contribution in [0.1, 0.15) is 19.3 Å². The van der Waals surface area contributed by atoms with E-state index in [4.69, 9.17) is 5.73 Å². The summed E-state index contributed by atoms with van der Waals surface area (Å²) in [6, 6.07) is 0. The Bertz CT molecular complexity index is 216. The Balaban J connectivity index is 1.82. The van der Waals surface area contributed by atoms with Gasteiger partial charge in [-0.15, -0.1) is 0 Å². The first-order valence-corrected chi connectivity index (χ1v) is 6.53. The fourth-order valence-electron chi connectivity index (χ4n) is 1.82. The van der Waals surface area contributed by atoms with Crippen LogP contribution in [0.2, 0.25) is 0 Å². The van der Waals surface area contributed by atoms with Gasteiger partial charge in [-0.2, -0.15) is 0 Å². The first kappa shape index (κ1) is 9.62. The lowest BCUT2D eigenvalue weighted by Crippen LogP contribution is -2.40. The van der Waals surface area contributed by atoms with E-state index in [2.05, 4.69) is 4.90 Å². The van der Waals surface area contributed by atoms with Gasteiger partial charge in [0.1, 0.15) is 0 Å². The highest BCUT2D eigenvalue weighted by Crippen LogP contribution is 2.33. The lowest BCUT2D eigenvalue weighted by atomic mass is 10.2. The van der Waals surface area contributed by atoms with Crippen LogP contribution in [0.4, 0.5) is 0 Å². The third kappa shape index (κ3) is 2.76. The maximum absolute atomic E-state index is 11.3. The molecule has 13 heavy (non-hydrogen) atoms. The lowest BCUT2D eigenvalue weighted by Gasteiger charge is -2.22. The number of rotatable bonds is 2. The van der Waals surface area contributed by atoms with Crippen molar-refractivity contribution in [2.75, 3.05) is 31.1 Å². The van der Waals surface area contributed by atoms with Gasteiger partial charge in [0.05, 0.1) is 0 Å². The van der Waals surface area contributed by atoms with Crippen LogP contribution in [0, 0.1) is 0 Å². The third-order valence-electron chi connectivity index (χ3n) is 2.91. The van der Waals surface area contributed by atoms with Gasteiger partial charge >= 0.3 is 0 Å². The quantitative estimate of drug-likeness (QED) is 0.682. The summed E-state index contributed by atoms with van der Waals surface area (Å²) in [5.74, 6) is 1.73. The van der Waals surface area contributed by atoms with Crippen molar-refractivity contribution in [3.8, 4) is 0 Å². The summed E-state index contributed by atoms with van der Waals surface area (Å²) >= 11 is 0. The second-order valence-electron chi connectivity index (χ2n) is 4.34. The molecule has 2 rings (SSSR count). The van der Waals surface area contributed by atoms with Crippen LogP contribution < -0.4 is 5.73 Å². The molecule has 2 N–H and O–H groups in total. The largest absolute Gasteiger partial charge is 0.324 e. The SMILES string of the molecule is NC1(CN2CCCS(=O)CC2)CC1. The molecular formula is C9H18N2OS. The number of nitrogens with two attached hydrogens (primary N) is 1. The molecule has 1 saturated carbocycles. The Morgan fingerprint density at radius 1 is 1.31 bits per heavy atom. The van der Waals surface area contributed by atoms with Crippen molar-refractivity contribution < 1.29 is 4.21 Å². The summed E-state index contributed by atoms with van der Waals surface area (Å²) in [4.78, 5) is 2.39. The summed E-state index contributed by atoms with van der Waals surface area (Å²) < 4.78 is 11.3. The molecule has 0 amide bonds. The normalized spacial score (nSPS) is 34.1.